The maximum Gasteiger partial charge on any atom is 0.242 e. The first-order valence-electron chi connectivity index (χ1n) is 6.34. The molecule has 1 aromatic carbocycles. The first kappa shape index (κ1) is 15.3. The molecule has 0 aliphatic heterocycles. The molecule has 1 aromatic heterocycles. The molecule has 0 fully saturated rings. The van der Waals surface area contributed by atoms with Crippen molar-refractivity contribution >= 4 is 10.0 Å². The third kappa shape index (κ3) is 3.95. The fourth-order valence-electron chi connectivity index (χ4n) is 1.78. The van der Waals surface area contributed by atoms with E-state index in [0.29, 0.717) is 11.3 Å². The van der Waals surface area contributed by atoms with Crippen LogP contribution in [0.15, 0.2) is 45.9 Å². The van der Waals surface area contributed by atoms with E-state index in [1.807, 2.05) is 6.92 Å². The highest BCUT2D eigenvalue weighted by Crippen LogP contribution is 2.17. The van der Waals surface area contributed by atoms with Crippen LogP contribution in [0.3, 0.4) is 0 Å². The highest BCUT2D eigenvalue weighted by molar-refractivity contribution is 7.89. The van der Waals surface area contributed by atoms with Crippen LogP contribution in [0.4, 0.5) is 0 Å². The lowest BCUT2D eigenvalue weighted by Crippen LogP contribution is -2.24. The van der Waals surface area contributed by atoms with Gasteiger partial charge < -0.3 is 10.2 Å². The molecule has 2 aromatic rings. The molecule has 0 saturated carbocycles. The molecular formula is C15H16N2O3S. The van der Waals surface area contributed by atoms with Crippen molar-refractivity contribution in [2.75, 3.05) is 6.54 Å². The third-order valence-corrected chi connectivity index (χ3v) is 4.23. The van der Waals surface area contributed by atoms with Crippen LogP contribution in [-0.4, -0.2) is 15.0 Å². The van der Waals surface area contributed by atoms with Gasteiger partial charge in [-0.05, 0) is 36.8 Å². The molecule has 0 aliphatic rings. The number of nitrogens with one attached hydrogen (secondary N) is 1. The summed E-state index contributed by atoms with van der Waals surface area (Å²) in [6.45, 7) is 2.14. The molecule has 5 nitrogen and oxygen atoms in total. The number of nitrogens with two attached hydrogens (primary N) is 1. The van der Waals surface area contributed by atoms with Crippen LogP contribution in [0.1, 0.15) is 16.9 Å². The SMILES string of the molecule is Cc1ccc(S(=O)(=O)NCc2ccco2)c(C#CCN)c1. The van der Waals surface area contributed by atoms with Gasteiger partial charge in [-0.15, -0.1) is 0 Å². The first-order chi connectivity index (χ1) is 10.0. The van der Waals surface area contributed by atoms with Gasteiger partial charge in [0.15, 0.2) is 0 Å². The van der Waals surface area contributed by atoms with Gasteiger partial charge in [-0.25, -0.2) is 13.1 Å². The van der Waals surface area contributed by atoms with Crippen molar-refractivity contribution in [2.45, 2.75) is 18.4 Å². The Kier molecular flexibility index (Phi) is 4.81. The van der Waals surface area contributed by atoms with Crippen molar-refractivity contribution in [1.29, 1.82) is 0 Å². The zero-order valence-electron chi connectivity index (χ0n) is 11.6. The molecular weight excluding hydrogens is 288 g/mol. The Balaban J connectivity index is 2.30. The molecule has 0 amide bonds. The molecule has 0 radical (unpaired) electrons. The van der Waals surface area contributed by atoms with E-state index in [1.165, 1.54) is 6.26 Å². The fourth-order valence-corrected chi connectivity index (χ4v) is 2.91. The van der Waals surface area contributed by atoms with Crippen molar-refractivity contribution in [3.63, 3.8) is 0 Å². The summed E-state index contributed by atoms with van der Waals surface area (Å²) in [7, 11) is -3.67. The van der Waals surface area contributed by atoms with Crippen LogP contribution in [0, 0.1) is 18.8 Å². The Morgan fingerprint density at radius 1 is 1.33 bits per heavy atom. The largest absolute Gasteiger partial charge is 0.468 e. The van der Waals surface area contributed by atoms with Gasteiger partial charge >= 0.3 is 0 Å². The molecule has 6 heteroatoms. The second-order valence-corrected chi connectivity index (χ2v) is 6.14. The van der Waals surface area contributed by atoms with Crippen LogP contribution in [0.5, 0.6) is 0 Å². The lowest BCUT2D eigenvalue weighted by Gasteiger charge is -2.08. The van der Waals surface area contributed by atoms with Crippen LogP contribution in [0.25, 0.3) is 0 Å². The summed E-state index contributed by atoms with van der Waals surface area (Å²) < 4.78 is 32.3. The van der Waals surface area contributed by atoms with Gasteiger partial charge in [-0.3, -0.25) is 0 Å². The number of benzene rings is 1. The van der Waals surface area contributed by atoms with E-state index in [1.54, 1.807) is 30.3 Å². The zero-order chi connectivity index (χ0) is 15.3. The predicted molar refractivity (Wildman–Crippen MR) is 79.8 cm³/mol. The number of furan rings is 1. The van der Waals surface area contributed by atoms with Crippen molar-refractivity contribution < 1.29 is 12.8 Å². The lowest BCUT2D eigenvalue weighted by molar-refractivity contribution is 0.498. The van der Waals surface area contributed by atoms with E-state index >= 15 is 0 Å². The molecule has 0 bridgehead atoms. The third-order valence-electron chi connectivity index (χ3n) is 2.77. The lowest BCUT2D eigenvalue weighted by atomic mass is 10.1. The van der Waals surface area contributed by atoms with E-state index in [-0.39, 0.29) is 18.0 Å². The molecule has 2 rings (SSSR count). The van der Waals surface area contributed by atoms with E-state index in [0.717, 1.165) is 5.56 Å². The smallest absolute Gasteiger partial charge is 0.242 e. The average molecular weight is 304 g/mol. The van der Waals surface area contributed by atoms with Crippen molar-refractivity contribution in [2.24, 2.45) is 5.73 Å². The summed E-state index contributed by atoms with van der Waals surface area (Å²) in [4.78, 5) is 0.139. The van der Waals surface area contributed by atoms with Crippen molar-refractivity contribution in [3.8, 4) is 11.8 Å². The monoisotopic (exact) mass is 304 g/mol. The Morgan fingerprint density at radius 2 is 2.14 bits per heavy atom. The molecule has 0 spiro atoms. The first-order valence-corrected chi connectivity index (χ1v) is 7.83. The van der Waals surface area contributed by atoms with Gasteiger partial charge in [-0.2, -0.15) is 0 Å². The molecule has 1 heterocycles. The van der Waals surface area contributed by atoms with Gasteiger partial charge in [0.2, 0.25) is 10.0 Å². The minimum Gasteiger partial charge on any atom is -0.468 e. The van der Waals surface area contributed by atoms with Crippen molar-refractivity contribution in [3.05, 3.63) is 53.5 Å². The van der Waals surface area contributed by atoms with Crippen LogP contribution in [-0.2, 0) is 16.6 Å². The minimum atomic E-state index is -3.67. The van der Waals surface area contributed by atoms with Crippen LogP contribution < -0.4 is 10.5 Å². The van der Waals surface area contributed by atoms with E-state index in [2.05, 4.69) is 16.6 Å². The Bertz CT molecular complexity index is 769. The normalized spacial score (nSPS) is 11.0. The molecule has 0 saturated heterocycles. The molecule has 3 N–H and O–H groups in total. The topological polar surface area (TPSA) is 85.3 Å². The van der Waals surface area contributed by atoms with Crippen LogP contribution >= 0.6 is 0 Å². The number of hydrogen-bond acceptors (Lipinski definition) is 4. The summed E-state index contributed by atoms with van der Waals surface area (Å²) in [5.74, 6) is 6.02. The van der Waals surface area contributed by atoms with E-state index in [4.69, 9.17) is 10.2 Å². The molecule has 0 aliphatic carbocycles. The van der Waals surface area contributed by atoms with Gasteiger partial charge in [-0.1, -0.05) is 17.9 Å². The number of rotatable bonds is 4. The molecule has 21 heavy (non-hydrogen) atoms. The summed E-state index contributed by atoms with van der Waals surface area (Å²) in [6, 6.07) is 8.40. The van der Waals surface area contributed by atoms with E-state index < -0.39 is 10.0 Å². The van der Waals surface area contributed by atoms with E-state index in [9.17, 15) is 8.42 Å². The summed E-state index contributed by atoms with van der Waals surface area (Å²) in [5, 5.41) is 0. The number of hydrogen-bond donors (Lipinski definition) is 2. The molecule has 0 unspecified atom stereocenters. The predicted octanol–water partition coefficient (Wildman–Crippen LogP) is 1.38. The van der Waals surface area contributed by atoms with Gasteiger partial charge in [0.1, 0.15) is 5.76 Å². The summed E-state index contributed by atoms with van der Waals surface area (Å²) in [5.41, 5.74) is 6.71. The van der Waals surface area contributed by atoms with Crippen LogP contribution in [0.2, 0.25) is 0 Å². The highest BCUT2D eigenvalue weighted by atomic mass is 32.2. The Hall–Kier alpha value is -2.07. The average Bonchev–Trinajstić information content (AvgIpc) is 2.96. The molecule has 0 atom stereocenters. The maximum atomic E-state index is 12.4. The van der Waals surface area contributed by atoms with Gasteiger partial charge in [0, 0.05) is 5.56 Å². The maximum absolute atomic E-state index is 12.4. The standard InChI is InChI=1S/C15H16N2O3S/c1-12-6-7-15(13(10-12)4-2-8-16)21(18,19)17-11-14-5-3-9-20-14/h3,5-7,9-10,17H,8,11,16H2,1H3. The molecule has 110 valence electrons. The zero-order valence-corrected chi connectivity index (χ0v) is 12.4. The minimum absolute atomic E-state index is 0.0902. The van der Waals surface area contributed by atoms with Gasteiger partial charge in [0.05, 0.1) is 24.2 Å². The second kappa shape index (κ2) is 6.59. The highest BCUT2D eigenvalue weighted by Gasteiger charge is 2.18. The van der Waals surface area contributed by atoms with Crippen molar-refractivity contribution in [1.82, 2.24) is 4.72 Å². The summed E-state index contributed by atoms with van der Waals surface area (Å²) >= 11 is 0. The number of aryl methyl sites for hydroxylation is 1. The van der Waals surface area contributed by atoms with Gasteiger partial charge in [0.25, 0.3) is 0 Å². The Labute approximate surface area is 124 Å². The quantitative estimate of drug-likeness (QED) is 0.836. The summed E-state index contributed by atoms with van der Waals surface area (Å²) in [6.07, 6.45) is 1.49. The fraction of sp³-hybridized carbons (Fsp3) is 0.200. The number of sulfonamides is 1. The second-order valence-electron chi connectivity index (χ2n) is 4.41. The Morgan fingerprint density at radius 3 is 2.81 bits per heavy atom.